The smallest absolute Gasteiger partial charge is 0.0861 e. The van der Waals surface area contributed by atoms with Gasteiger partial charge in [-0.1, -0.05) is 19.8 Å². The average Bonchev–Trinajstić information content (AvgIpc) is 2.81. The summed E-state index contributed by atoms with van der Waals surface area (Å²) in [7, 11) is 0. The third kappa shape index (κ3) is 5.04. The minimum atomic E-state index is -0.559. The molecule has 1 fully saturated rings. The van der Waals surface area contributed by atoms with E-state index in [0.29, 0.717) is 11.8 Å². The molecule has 3 N–H and O–H groups in total. The summed E-state index contributed by atoms with van der Waals surface area (Å²) in [6.45, 7) is 3.04. The summed E-state index contributed by atoms with van der Waals surface area (Å²) in [5.74, 6) is 2.51. The van der Waals surface area contributed by atoms with Crippen LogP contribution in [0.15, 0.2) is 0 Å². The van der Waals surface area contributed by atoms with Crippen LogP contribution >= 0.6 is 11.8 Å². The van der Waals surface area contributed by atoms with Gasteiger partial charge < -0.3 is 15.5 Å². The van der Waals surface area contributed by atoms with Crippen LogP contribution < -0.4 is 5.32 Å². The standard InChI is InChI=1S/C12H25NO2S/c1-2-13-12(10-5-3-4-6-10)9-16-8-11(15)7-14/h10-15H,2-9H2,1H3. The van der Waals surface area contributed by atoms with Gasteiger partial charge in [0.2, 0.25) is 0 Å². The van der Waals surface area contributed by atoms with Crippen LogP contribution in [-0.2, 0) is 0 Å². The van der Waals surface area contributed by atoms with Crippen molar-refractivity contribution in [3.05, 3.63) is 0 Å². The highest BCUT2D eigenvalue weighted by atomic mass is 32.2. The molecule has 0 aromatic heterocycles. The van der Waals surface area contributed by atoms with Gasteiger partial charge in [0.1, 0.15) is 0 Å². The number of aliphatic hydroxyl groups excluding tert-OH is 2. The number of hydrogen-bond donors (Lipinski definition) is 3. The molecule has 2 unspecified atom stereocenters. The van der Waals surface area contributed by atoms with Gasteiger partial charge in [-0.15, -0.1) is 0 Å². The molecular weight excluding hydrogens is 222 g/mol. The van der Waals surface area contributed by atoms with E-state index >= 15 is 0 Å². The van der Waals surface area contributed by atoms with Crippen molar-refractivity contribution in [2.75, 3.05) is 24.7 Å². The fraction of sp³-hybridized carbons (Fsp3) is 1.00. The summed E-state index contributed by atoms with van der Waals surface area (Å²) >= 11 is 1.75. The number of thioether (sulfide) groups is 1. The van der Waals surface area contributed by atoms with E-state index < -0.39 is 6.10 Å². The highest BCUT2D eigenvalue weighted by Crippen LogP contribution is 2.29. The van der Waals surface area contributed by atoms with Crippen molar-refractivity contribution >= 4 is 11.8 Å². The Kier molecular flexibility index (Phi) is 7.45. The number of nitrogens with one attached hydrogen (secondary N) is 1. The lowest BCUT2D eigenvalue weighted by Crippen LogP contribution is -2.37. The molecule has 4 heteroatoms. The van der Waals surface area contributed by atoms with Gasteiger partial charge in [-0.25, -0.2) is 0 Å². The van der Waals surface area contributed by atoms with E-state index in [1.807, 2.05) is 0 Å². The third-order valence-corrected chi connectivity index (χ3v) is 4.47. The van der Waals surface area contributed by atoms with Crippen molar-refractivity contribution < 1.29 is 10.2 Å². The van der Waals surface area contributed by atoms with Crippen LogP contribution in [0.1, 0.15) is 32.6 Å². The molecule has 0 aromatic rings. The molecule has 3 nitrogen and oxygen atoms in total. The first-order valence-electron chi connectivity index (χ1n) is 6.38. The molecule has 16 heavy (non-hydrogen) atoms. The average molecular weight is 247 g/mol. The van der Waals surface area contributed by atoms with E-state index in [2.05, 4.69) is 12.2 Å². The lowest BCUT2D eigenvalue weighted by Gasteiger charge is -2.24. The van der Waals surface area contributed by atoms with E-state index in [-0.39, 0.29) is 6.61 Å². The van der Waals surface area contributed by atoms with E-state index in [1.165, 1.54) is 25.7 Å². The fourth-order valence-electron chi connectivity index (χ4n) is 2.37. The van der Waals surface area contributed by atoms with E-state index in [0.717, 1.165) is 18.2 Å². The Labute approximate surface area is 103 Å². The van der Waals surface area contributed by atoms with Gasteiger partial charge in [0.15, 0.2) is 0 Å². The molecule has 1 rings (SSSR count). The molecule has 1 saturated carbocycles. The summed E-state index contributed by atoms with van der Waals surface area (Å²) in [6.07, 6.45) is 4.88. The maximum Gasteiger partial charge on any atom is 0.0861 e. The van der Waals surface area contributed by atoms with Crippen molar-refractivity contribution in [2.24, 2.45) is 5.92 Å². The summed E-state index contributed by atoms with van der Waals surface area (Å²) in [6, 6.07) is 0.586. The first-order valence-corrected chi connectivity index (χ1v) is 7.53. The molecule has 0 bridgehead atoms. The molecule has 0 aromatic carbocycles. The number of rotatable bonds is 8. The molecule has 2 atom stereocenters. The van der Waals surface area contributed by atoms with Crippen molar-refractivity contribution in [1.82, 2.24) is 5.32 Å². The summed E-state index contributed by atoms with van der Waals surface area (Å²) in [4.78, 5) is 0. The molecule has 0 saturated heterocycles. The van der Waals surface area contributed by atoms with Gasteiger partial charge in [0.25, 0.3) is 0 Å². The Hall–Kier alpha value is 0.230. The molecule has 0 radical (unpaired) electrons. The van der Waals surface area contributed by atoms with Crippen LogP contribution in [-0.4, -0.2) is 47.0 Å². The Morgan fingerprint density at radius 1 is 1.31 bits per heavy atom. The van der Waals surface area contributed by atoms with Crippen LogP contribution in [0.4, 0.5) is 0 Å². The SMILES string of the molecule is CCNC(CSCC(O)CO)C1CCCC1. The molecule has 0 amide bonds. The van der Waals surface area contributed by atoms with Gasteiger partial charge in [-0.05, 0) is 25.3 Å². The second-order valence-corrected chi connectivity index (χ2v) is 5.66. The van der Waals surface area contributed by atoms with E-state index in [9.17, 15) is 5.11 Å². The van der Waals surface area contributed by atoms with Gasteiger partial charge in [0, 0.05) is 17.5 Å². The Morgan fingerprint density at radius 3 is 2.56 bits per heavy atom. The second kappa shape index (κ2) is 8.34. The monoisotopic (exact) mass is 247 g/mol. The highest BCUT2D eigenvalue weighted by molar-refractivity contribution is 7.99. The zero-order chi connectivity index (χ0) is 11.8. The third-order valence-electron chi connectivity index (χ3n) is 3.25. The van der Waals surface area contributed by atoms with Crippen molar-refractivity contribution in [2.45, 2.75) is 44.8 Å². The molecule has 1 aliphatic rings. The van der Waals surface area contributed by atoms with Crippen molar-refractivity contribution in [3.63, 3.8) is 0 Å². The maximum absolute atomic E-state index is 9.27. The minimum Gasteiger partial charge on any atom is -0.394 e. The van der Waals surface area contributed by atoms with Crippen LogP contribution in [0.25, 0.3) is 0 Å². The predicted octanol–water partition coefficient (Wildman–Crippen LogP) is 1.24. The normalized spacial score (nSPS) is 21.2. The lowest BCUT2D eigenvalue weighted by atomic mass is 10.00. The molecule has 1 aliphatic carbocycles. The number of aliphatic hydroxyl groups is 2. The molecule has 0 spiro atoms. The van der Waals surface area contributed by atoms with Crippen LogP contribution in [0.5, 0.6) is 0 Å². The quantitative estimate of drug-likeness (QED) is 0.604. The van der Waals surface area contributed by atoms with Crippen molar-refractivity contribution in [3.8, 4) is 0 Å². The molecule has 0 heterocycles. The molecule has 0 aliphatic heterocycles. The largest absolute Gasteiger partial charge is 0.394 e. The summed E-state index contributed by atoms with van der Waals surface area (Å²) in [5, 5.41) is 21.6. The Bertz CT molecular complexity index is 174. The van der Waals surface area contributed by atoms with Gasteiger partial charge >= 0.3 is 0 Å². The molecule has 96 valence electrons. The van der Waals surface area contributed by atoms with Crippen molar-refractivity contribution in [1.29, 1.82) is 0 Å². The lowest BCUT2D eigenvalue weighted by molar-refractivity contribution is 0.113. The summed E-state index contributed by atoms with van der Waals surface area (Å²) in [5.41, 5.74) is 0. The van der Waals surface area contributed by atoms with Crippen LogP contribution in [0, 0.1) is 5.92 Å². The fourth-order valence-corrected chi connectivity index (χ4v) is 3.52. The highest BCUT2D eigenvalue weighted by Gasteiger charge is 2.24. The molecular formula is C12H25NO2S. The first kappa shape index (κ1) is 14.3. The first-order chi connectivity index (χ1) is 7.77. The summed E-state index contributed by atoms with van der Waals surface area (Å²) < 4.78 is 0. The van der Waals surface area contributed by atoms with E-state index in [1.54, 1.807) is 11.8 Å². The Balaban J connectivity index is 2.21. The second-order valence-electron chi connectivity index (χ2n) is 4.58. The maximum atomic E-state index is 9.27. The Morgan fingerprint density at radius 2 is 2.00 bits per heavy atom. The predicted molar refractivity (Wildman–Crippen MR) is 69.8 cm³/mol. The van der Waals surface area contributed by atoms with E-state index in [4.69, 9.17) is 5.11 Å². The zero-order valence-electron chi connectivity index (χ0n) is 10.2. The van der Waals surface area contributed by atoms with Gasteiger partial charge in [-0.2, -0.15) is 11.8 Å². The minimum absolute atomic E-state index is 0.123. The van der Waals surface area contributed by atoms with Crippen LogP contribution in [0.2, 0.25) is 0 Å². The topological polar surface area (TPSA) is 52.5 Å². The van der Waals surface area contributed by atoms with Gasteiger partial charge in [-0.3, -0.25) is 0 Å². The number of hydrogen-bond acceptors (Lipinski definition) is 4. The van der Waals surface area contributed by atoms with Gasteiger partial charge in [0.05, 0.1) is 12.7 Å². The van der Waals surface area contributed by atoms with Crippen LogP contribution in [0.3, 0.4) is 0 Å². The zero-order valence-corrected chi connectivity index (χ0v) is 11.0.